The molecule has 3 aromatic carbocycles. The number of nitrogens with zero attached hydrogens (tertiary/aromatic N) is 3. The number of carbonyl (C=O) groups excluding carboxylic acids is 3. The Hall–Kier alpha value is -3.65. The van der Waals surface area contributed by atoms with Gasteiger partial charge in [0.1, 0.15) is 12.1 Å². The number of para-hydroxylation sites is 1. The molecule has 7 nitrogen and oxygen atoms in total. The molecule has 8 heteroatoms. The summed E-state index contributed by atoms with van der Waals surface area (Å²) in [6.45, 7) is 3.21. The van der Waals surface area contributed by atoms with Crippen LogP contribution in [0.15, 0.2) is 83.3 Å². The molecule has 2 saturated heterocycles. The zero-order chi connectivity index (χ0) is 26.0. The summed E-state index contributed by atoms with van der Waals surface area (Å²) in [5.41, 5.74) is 2.58. The van der Waals surface area contributed by atoms with Crippen LogP contribution in [-0.4, -0.2) is 59.4 Å². The van der Waals surface area contributed by atoms with Crippen molar-refractivity contribution in [2.24, 2.45) is 0 Å². The molecule has 1 spiro atoms. The van der Waals surface area contributed by atoms with Gasteiger partial charge in [-0.05, 0) is 62.2 Å². The maximum atomic E-state index is 13.9. The van der Waals surface area contributed by atoms with Crippen LogP contribution in [-0.2, 0) is 9.59 Å². The average molecular weight is 561 g/mol. The van der Waals surface area contributed by atoms with E-state index < -0.39 is 5.54 Å². The van der Waals surface area contributed by atoms with Crippen LogP contribution < -0.4 is 10.2 Å². The van der Waals surface area contributed by atoms with E-state index in [1.165, 1.54) is 0 Å². The number of piperidine rings is 1. The van der Waals surface area contributed by atoms with Crippen LogP contribution in [0.3, 0.4) is 0 Å². The van der Waals surface area contributed by atoms with Crippen molar-refractivity contribution < 1.29 is 14.4 Å². The number of benzene rings is 3. The number of anilines is 2. The summed E-state index contributed by atoms with van der Waals surface area (Å²) in [5.74, 6) is -0.336. The lowest BCUT2D eigenvalue weighted by Crippen LogP contribution is -2.57. The largest absolute Gasteiger partial charge is 0.339 e. The monoisotopic (exact) mass is 560 g/mol. The molecule has 5 rings (SSSR count). The van der Waals surface area contributed by atoms with Gasteiger partial charge in [0.25, 0.3) is 11.8 Å². The predicted molar refractivity (Wildman–Crippen MR) is 147 cm³/mol. The first kappa shape index (κ1) is 25.0. The minimum absolute atomic E-state index is 0.0293. The fraction of sp³-hybridized carbons (Fsp3) is 0.276. The Balaban J connectivity index is 1.33. The minimum Gasteiger partial charge on any atom is -0.339 e. The highest BCUT2D eigenvalue weighted by atomic mass is 79.9. The second-order valence-corrected chi connectivity index (χ2v) is 10.6. The van der Waals surface area contributed by atoms with E-state index in [1.54, 1.807) is 4.90 Å². The fourth-order valence-corrected chi connectivity index (χ4v) is 5.62. The van der Waals surface area contributed by atoms with Crippen LogP contribution in [0.5, 0.6) is 0 Å². The number of hydrogen-bond acceptors (Lipinski definition) is 4. The van der Waals surface area contributed by atoms with Crippen molar-refractivity contribution in [2.45, 2.75) is 25.3 Å². The Bertz CT molecular complexity index is 1300. The van der Waals surface area contributed by atoms with E-state index in [0.717, 1.165) is 15.7 Å². The molecule has 2 fully saturated rings. The third-order valence-corrected chi connectivity index (χ3v) is 7.69. The molecule has 0 aliphatic carbocycles. The fourth-order valence-electron chi connectivity index (χ4n) is 5.22. The minimum atomic E-state index is -0.792. The Morgan fingerprint density at radius 3 is 2.32 bits per heavy atom. The smallest absolute Gasteiger partial charge is 0.253 e. The van der Waals surface area contributed by atoms with Crippen molar-refractivity contribution in [3.63, 3.8) is 0 Å². The average Bonchev–Trinajstić information content (AvgIpc) is 3.16. The van der Waals surface area contributed by atoms with Gasteiger partial charge in [0.15, 0.2) is 0 Å². The van der Waals surface area contributed by atoms with Crippen LogP contribution in [0.1, 0.15) is 28.8 Å². The van der Waals surface area contributed by atoms with E-state index >= 15 is 0 Å². The summed E-state index contributed by atoms with van der Waals surface area (Å²) in [5, 5.41) is 2.90. The molecule has 0 unspecified atom stereocenters. The third kappa shape index (κ3) is 5.11. The molecule has 3 amide bonds. The molecule has 2 aliphatic rings. The molecule has 0 aromatic heterocycles. The number of halogens is 1. The lowest BCUT2D eigenvalue weighted by Gasteiger charge is -2.43. The van der Waals surface area contributed by atoms with Crippen molar-refractivity contribution in [1.82, 2.24) is 9.80 Å². The number of nitrogens with one attached hydrogen (secondary N) is 1. The van der Waals surface area contributed by atoms with Crippen LogP contribution in [0.25, 0.3) is 0 Å². The second kappa shape index (κ2) is 10.4. The molecule has 190 valence electrons. The molecule has 0 bridgehead atoms. The first-order chi connectivity index (χ1) is 17.9. The second-order valence-electron chi connectivity index (χ2n) is 9.66. The summed E-state index contributed by atoms with van der Waals surface area (Å²) in [4.78, 5) is 45.4. The molecular weight excluding hydrogens is 532 g/mol. The highest BCUT2D eigenvalue weighted by molar-refractivity contribution is 9.10. The topological polar surface area (TPSA) is 73.0 Å². The molecule has 1 N–H and O–H groups in total. The van der Waals surface area contributed by atoms with E-state index in [9.17, 15) is 14.4 Å². The molecule has 2 heterocycles. The first-order valence-corrected chi connectivity index (χ1v) is 13.2. The van der Waals surface area contributed by atoms with Gasteiger partial charge in [-0.2, -0.15) is 0 Å². The Morgan fingerprint density at radius 2 is 1.65 bits per heavy atom. The number of likely N-dealkylation sites (tertiary alicyclic amines) is 1. The summed E-state index contributed by atoms with van der Waals surface area (Å²) in [7, 11) is 0. The molecule has 0 atom stereocenters. The number of carbonyl (C=O) groups is 3. The van der Waals surface area contributed by atoms with Crippen molar-refractivity contribution in [1.29, 1.82) is 0 Å². The standard InChI is InChI=1S/C29H29BrN4O3/c1-21-10-12-24(13-11-21)31-26(35)19-33-20-34(25-8-3-2-4-9-25)29(28(33)37)14-16-32(17-15-29)27(36)22-6-5-7-23(30)18-22/h2-13,18H,14-17,19-20H2,1H3,(H,31,35). The van der Waals surface area contributed by atoms with Gasteiger partial charge in [-0.15, -0.1) is 0 Å². The molecule has 37 heavy (non-hydrogen) atoms. The van der Waals surface area contributed by atoms with Crippen molar-refractivity contribution in [2.75, 3.05) is 36.5 Å². The number of amides is 3. The van der Waals surface area contributed by atoms with E-state index in [0.29, 0.717) is 43.9 Å². The lowest BCUT2D eigenvalue weighted by atomic mass is 9.85. The summed E-state index contributed by atoms with van der Waals surface area (Å²) in [6, 6.07) is 24.8. The van der Waals surface area contributed by atoms with E-state index in [1.807, 2.05) is 90.7 Å². The Kier molecular flexibility index (Phi) is 7.02. The van der Waals surface area contributed by atoms with E-state index in [-0.39, 0.29) is 24.3 Å². The number of hydrogen-bond donors (Lipinski definition) is 1. The third-order valence-electron chi connectivity index (χ3n) is 7.20. The molecule has 0 saturated carbocycles. The number of aryl methyl sites for hydroxylation is 1. The van der Waals surface area contributed by atoms with Crippen molar-refractivity contribution >= 4 is 45.0 Å². The van der Waals surface area contributed by atoms with Crippen LogP contribution in [0, 0.1) is 6.92 Å². The van der Waals surface area contributed by atoms with Crippen molar-refractivity contribution in [3.8, 4) is 0 Å². The van der Waals surface area contributed by atoms with Gasteiger partial charge in [-0.25, -0.2) is 0 Å². The normalized spacial score (nSPS) is 16.8. The number of rotatable bonds is 5. The van der Waals surface area contributed by atoms with Gasteiger partial charge in [-0.3, -0.25) is 14.4 Å². The Labute approximate surface area is 225 Å². The van der Waals surface area contributed by atoms with E-state index in [4.69, 9.17) is 0 Å². The van der Waals surface area contributed by atoms with Gasteiger partial charge < -0.3 is 20.0 Å². The highest BCUT2D eigenvalue weighted by Crippen LogP contribution is 2.39. The van der Waals surface area contributed by atoms with Crippen LogP contribution in [0.4, 0.5) is 11.4 Å². The summed E-state index contributed by atoms with van der Waals surface area (Å²) >= 11 is 3.43. The van der Waals surface area contributed by atoms with Crippen LogP contribution in [0.2, 0.25) is 0 Å². The van der Waals surface area contributed by atoms with Gasteiger partial charge in [0.05, 0.1) is 6.67 Å². The predicted octanol–water partition coefficient (Wildman–Crippen LogP) is 4.68. The molecule has 2 aliphatic heterocycles. The Morgan fingerprint density at radius 1 is 0.946 bits per heavy atom. The maximum absolute atomic E-state index is 13.9. The highest BCUT2D eigenvalue weighted by Gasteiger charge is 2.54. The molecule has 0 radical (unpaired) electrons. The zero-order valence-electron chi connectivity index (χ0n) is 20.7. The maximum Gasteiger partial charge on any atom is 0.253 e. The van der Waals surface area contributed by atoms with Gasteiger partial charge in [-0.1, -0.05) is 57.9 Å². The van der Waals surface area contributed by atoms with Crippen LogP contribution >= 0.6 is 15.9 Å². The van der Waals surface area contributed by atoms with Gasteiger partial charge in [0, 0.05) is 34.5 Å². The summed E-state index contributed by atoms with van der Waals surface area (Å²) in [6.07, 6.45) is 0.993. The molecular formula is C29H29BrN4O3. The van der Waals surface area contributed by atoms with Gasteiger partial charge in [0.2, 0.25) is 5.91 Å². The van der Waals surface area contributed by atoms with E-state index in [2.05, 4.69) is 26.1 Å². The van der Waals surface area contributed by atoms with Gasteiger partial charge >= 0.3 is 0 Å². The van der Waals surface area contributed by atoms with Crippen molar-refractivity contribution in [3.05, 3.63) is 94.5 Å². The summed E-state index contributed by atoms with van der Waals surface area (Å²) < 4.78 is 0.854. The first-order valence-electron chi connectivity index (χ1n) is 12.4. The lowest BCUT2D eigenvalue weighted by molar-refractivity contribution is -0.136. The zero-order valence-corrected chi connectivity index (χ0v) is 22.3. The SMILES string of the molecule is Cc1ccc(NC(=O)CN2CN(c3ccccc3)C3(CCN(C(=O)c4cccc(Br)c4)CC3)C2=O)cc1. The molecule has 3 aromatic rings. The quantitative estimate of drug-likeness (QED) is 0.492.